The van der Waals surface area contributed by atoms with Gasteiger partial charge in [0.25, 0.3) is 0 Å². The predicted octanol–water partition coefficient (Wildman–Crippen LogP) is 3.37. The quantitative estimate of drug-likeness (QED) is 0.322. The van der Waals surface area contributed by atoms with E-state index < -0.39 is 12.7 Å². The van der Waals surface area contributed by atoms with E-state index in [0.29, 0.717) is 17.0 Å². The molecule has 6 nitrogen and oxygen atoms in total. The lowest BCUT2D eigenvalue weighted by atomic mass is 10.1. The van der Waals surface area contributed by atoms with Crippen molar-refractivity contribution in [3.63, 3.8) is 0 Å². The Morgan fingerprint density at radius 2 is 1.88 bits per heavy atom. The summed E-state index contributed by atoms with van der Waals surface area (Å²) in [6.45, 7) is -2.96. The molecule has 1 unspecified atom stereocenters. The van der Waals surface area contributed by atoms with E-state index in [9.17, 15) is 13.9 Å². The fraction of sp³-hybridized carbons (Fsp3) is 0.235. The lowest BCUT2D eigenvalue weighted by Gasteiger charge is -2.12. The number of aliphatic imine (C=N–C) groups is 1. The first-order chi connectivity index (χ1) is 12.0. The summed E-state index contributed by atoms with van der Waals surface area (Å²) in [7, 11) is 1.57. The Hall–Kier alpha value is -2.14. The molecule has 0 saturated heterocycles. The Morgan fingerprint density at radius 1 is 1.19 bits per heavy atom. The molecule has 9 heteroatoms. The van der Waals surface area contributed by atoms with E-state index in [1.807, 2.05) is 0 Å². The third-order valence-corrected chi connectivity index (χ3v) is 3.27. The lowest BCUT2D eigenvalue weighted by Crippen LogP contribution is -2.23. The molecule has 0 amide bonds. The van der Waals surface area contributed by atoms with Crippen LogP contribution in [0.1, 0.15) is 11.7 Å². The number of nitrogens with zero attached hydrogens (tertiary/aromatic N) is 1. The lowest BCUT2D eigenvalue weighted by molar-refractivity contribution is -0.0499. The number of anilines is 1. The molecule has 1 atom stereocenters. The minimum Gasteiger partial charge on any atom is -0.497 e. The Balaban J connectivity index is 0.00000338. The van der Waals surface area contributed by atoms with Crippen molar-refractivity contribution < 1.29 is 23.4 Å². The highest BCUT2D eigenvalue weighted by Gasteiger charge is 2.10. The molecule has 0 spiro atoms. The Labute approximate surface area is 167 Å². The summed E-state index contributed by atoms with van der Waals surface area (Å²) in [5.41, 5.74) is 6.89. The van der Waals surface area contributed by atoms with Gasteiger partial charge in [-0.05, 0) is 42.0 Å². The molecule has 0 aliphatic carbocycles. The first-order valence-electron chi connectivity index (χ1n) is 7.42. The number of aliphatic hydroxyl groups is 1. The number of guanidine groups is 1. The van der Waals surface area contributed by atoms with Crippen molar-refractivity contribution in [1.29, 1.82) is 0 Å². The van der Waals surface area contributed by atoms with Gasteiger partial charge >= 0.3 is 6.61 Å². The molecular formula is C17H20F2IN3O3. The van der Waals surface area contributed by atoms with E-state index in [1.54, 1.807) is 37.4 Å². The zero-order valence-electron chi connectivity index (χ0n) is 13.9. The van der Waals surface area contributed by atoms with Gasteiger partial charge in [0.05, 0.1) is 19.8 Å². The third-order valence-electron chi connectivity index (χ3n) is 3.27. The van der Waals surface area contributed by atoms with Crippen molar-refractivity contribution in [3.8, 4) is 11.5 Å². The summed E-state index contributed by atoms with van der Waals surface area (Å²) in [5, 5.41) is 13.0. The van der Waals surface area contributed by atoms with Crippen LogP contribution in [0.3, 0.4) is 0 Å². The number of halogens is 3. The summed E-state index contributed by atoms with van der Waals surface area (Å²) in [5.74, 6) is 0.798. The fourth-order valence-electron chi connectivity index (χ4n) is 2.05. The topological polar surface area (TPSA) is 89.1 Å². The van der Waals surface area contributed by atoms with Gasteiger partial charge in [-0.3, -0.25) is 4.99 Å². The molecule has 0 saturated carbocycles. The van der Waals surface area contributed by atoms with Crippen molar-refractivity contribution >= 4 is 35.6 Å². The smallest absolute Gasteiger partial charge is 0.387 e. The van der Waals surface area contributed by atoms with Gasteiger partial charge in [0, 0.05) is 5.69 Å². The van der Waals surface area contributed by atoms with Crippen LogP contribution in [0.5, 0.6) is 11.5 Å². The van der Waals surface area contributed by atoms with Crippen molar-refractivity contribution in [2.45, 2.75) is 12.7 Å². The van der Waals surface area contributed by atoms with E-state index in [4.69, 9.17) is 10.5 Å². The Bertz CT molecular complexity index is 715. The first-order valence-corrected chi connectivity index (χ1v) is 7.42. The van der Waals surface area contributed by atoms with E-state index in [-0.39, 0.29) is 42.2 Å². The summed E-state index contributed by atoms with van der Waals surface area (Å²) in [6.07, 6.45) is -1.00. The number of hydrogen-bond donors (Lipinski definition) is 3. The second-order valence-corrected chi connectivity index (χ2v) is 5.05. The van der Waals surface area contributed by atoms with E-state index in [1.165, 1.54) is 18.2 Å². The number of hydrogen-bond acceptors (Lipinski definition) is 4. The Kier molecular flexibility index (Phi) is 9.07. The summed E-state index contributed by atoms with van der Waals surface area (Å²) < 4.78 is 33.8. The molecule has 142 valence electrons. The standard InChI is InChI=1S/C17H19F2N3O3.HI/c1-24-13-7-5-12(6-8-13)22-17(20)21-10-15(23)11-3-2-4-14(9-11)25-16(18)19;/h2-9,15-16,23H,10H2,1H3,(H3,20,21,22);1H. The number of benzene rings is 2. The zero-order chi connectivity index (χ0) is 18.2. The molecule has 4 N–H and O–H groups in total. The molecule has 26 heavy (non-hydrogen) atoms. The van der Waals surface area contributed by atoms with Gasteiger partial charge in [0.2, 0.25) is 0 Å². The molecule has 0 fully saturated rings. The second-order valence-electron chi connectivity index (χ2n) is 5.05. The largest absolute Gasteiger partial charge is 0.497 e. The minimum absolute atomic E-state index is 0. The van der Waals surface area contributed by atoms with Crippen LogP contribution < -0.4 is 20.5 Å². The van der Waals surface area contributed by atoms with Crippen molar-refractivity contribution in [3.05, 3.63) is 54.1 Å². The van der Waals surface area contributed by atoms with Crippen LogP contribution >= 0.6 is 24.0 Å². The SMILES string of the molecule is COc1ccc(NC(N)=NCC(O)c2cccc(OC(F)F)c2)cc1.I. The molecule has 2 aromatic rings. The zero-order valence-corrected chi connectivity index (χ0v) is 16.3. The number of ether oxygens (including phenoxy) is 2. The maximum atomic E-state index is 12.2. The molecule has 0 radical (unpaired) electrons. The molecule has 0 heterocycles. The van der Waals surface area contributed by atoms with Gasteiger partial charge in [0.1, 0.15) is 11.5 Å². The van der Waals surface area contributed by atoms with E-state index in [2.05, 4.69) is 15.0 Å². The third kappa shape index (κ3) is 7.00. The normalized spacial score (nSPS) is 12.3. The molecule has 0 bridgehead atoms. The van der Waals surface area contributed by atoms with Gasteiger partial charge in [-0.25, -0.2) is 0 Å². The molecule has 2 aromatic carbocycles. The van der Waals surface area contributed by atoms with E-state index >= 15 is 0 Å². The van der Waals surface area contributed by atoms with Crippen LogP contribution in [0.25, 0.3) is 0 Å². The maximum Gasteiger partial charge on any atom is 0.387 e. The summed E-state index contributed by atoms with van der Waals surface area (Å²) in [6, 6.07) is 12.9. The van der Waals surface area contributed by atoms with Crippen LogP contribution in [-0.2, 0) is 0 Å². The average Bonchev–Trinajstić information content (AvgIpc) is 2.60. The van der Waals surface area contributed by atoms with Crippen molar-refractivity contribution in [2.24, 2.45) is 10.7 Å². The van der Waals surface area contributed by atoms with Crippen molar-refractivity contribution in [2.75, 3.05) is 19.0 Å². The highest BCUT2D eigenvalue weighted by molar-refractivity contribution is 14.0. The number of methoxy groups -OCH3 is 1. The maximum absolute atomic E-state index is 12.2. The molecule has 2 rings (SSSR count). The molecular weight excluding hydrogens is 459 g/mol. The first kappa shape index (κ1) is 21.9. The number of nitrogens with one attached hydrogen (secondary N) is 1. The average molecular weight is 479 g/mol. The molecule has 0 aliphatic rings. The second kappa shape index (κ2) is 10.8. The number of alkyl halides is 2. The highest BCUT2D eigenvalue weighted by atomic mass is 127. The van der Waals surface area contributed by atoms with Gasteiger partial charge < -0.3 is 25.6 Å². The van der Waals surface area contributed by atoms with Crippen LogP contribution in [0.15, 0.2) is 53.5 Å². The summed E-state index contributed by atoms with van der Waals surface area (Å²) in [4.78, 5) is 4.04. The van der Waals surface area contributed by atoms with Gasteiger partial charge in [-0.15, -0.1) is 24.0 Å². The molecule has 0 aromatic heterocycles. The van der Waals surface area contributed by atoms with Crippen LogP contribution in [0.4, 0.5) is 14.5 Å². The van der Waals surface area contributed by atoms with Gasteiger partial charge in [-0.2, -0.15) is 8.78 Å². The van der Waals surface area contributed by atoms with Crippen molar-refractivity contribution in [1.82, 2.24) is 0 Å². The highest BCUT2D eigenvalue weighted by Crippen LogP contribution is 2.21. The monoisotopic (exact) mass is 479 g/mol. The molecule has 0 aliphatic heterocycles. The number of rotatable bonds is 7. The fourth-order valence-corrected chi connectivity index (χ4v) is 2.05. The Morgan fingerprint density at radius 3 is 2.50 bits per heavy atom. The van der Waals surface area contributed by atoms with Gasteiger partial charge in [0.15, 0.2) is 5.96 Å². The van der Waals surface area contributed by atoms with Crippen LogP contribution in [-0.4, -0.2) is 31.3 Å². The number of aliphatic hydroxyl groups excluding tert-OH is 1. The number of nitrogens with two attached hydrogens (primary N) is 1. The summed E-state index contributed by atoms with van der Waals surface area (Å²) >= 11 is 0. The predicted molar refractivity (Wildman–Crippen MR) is 107 cm³/mol. The van der Waals surface area contributed by atoms with Crippen LogP contribution in [0.2, 0.25) is 0 Å². The van der Waals surface area contributed by atoms with Crippen LogP contribution in [0, 0.1) is 0 Å². The van der Waals surface area contributed by atoms with Gasteiger partial charge in [-0.1, -0.05) is 12.1 Å². The van der Waals surface area contributed by atoms with E-state index in [0.717, 1.165) is 0 Å². The minimum atomic E-state index is -2.92.